The van der Waals surface area contributed by atoms with Crippen LogP contribution in [0.5, 0.6) is 0 Å². The lowest BCUT2D eigenvalue weighted by molar-refractivity contribution is -0.143. The number of guanidine groups is 1. The summed E-state index contributed by atoms with van der Waals surface area (Å²) < 4.78 is 0. The third-order valence-electron chi connectivity index (χ3n) is 6.34. The molecule has 0 aliphatic rings. The molecule has 0 bridgehead atoms. The Labute approximate surface area is 278 Å². The number of carboxylic acid groups (broad SMARTS) is 1. The van der Waals surface area contributed by atoms with Crippen molar-refractivity contribution in [3.8, 4) is 0 Å². The molecule has 0 fully saturated rings. The molecule has 6 atom stereocenters. The van der Waals surface area contributed by atoms with Gasteiger partial charge in [-0.05, 0) is 19.3 Å². The summed E-state index contributed by atoms with van der Waals surface area (Å²) in [7, 11) is 0. The summed E-state index contributed by atoms with van der Waals surface area (Å²) in [5, 5.41) is 60.0. The first-order valence-electron chi connectivity index (χ1n) is 14.6. The minimum atomic E-state index is -1.80. The summed E-state index contributed by atoms with van der Waals surface area (Å²) in [4.78, 5) is 102. The molecule has 0 aliphatic carbocycles. The van der Waals surface area contributed by atoms with Crippen LogP contribution in [0.15, 0.2) is 4.99 Å². The van der Waals surface area contributed by atoms with E-state index in [-0.39, 0.29) is 38.2 Å². The zero-order valence-electron chi connectivity index (χ0n) is 26.3. The van der Waals surface area contributed by atoms with Crippen molar-refractivity contribution in [2.45, 2.75) is 61.9 Å². The molecule has 0 saturated carbocycles. The number of nitrogens with one attached hydrogen (secondary N) is 6. The summed E-state index contributed by atoms with van der Waals surface area (Å²) in [6, 6.07) is -10.00. The van der Waals surface area contributed by atoms with Crippen LogP contribution < -0.4 is 54.8 Å². The minimum Gasteiger partial charge on any atom is -0.480 e. The summed E-state index contributed by atoms with van der Waals surface area (Å²) in [5.41, 5.74) is 20.9. The highest BCUT2D eigenvalue weighted by Crippen LogP contribution is 2.03. The molecular formula is C25H45N11O13. The van der Waals surface area contributed by atoms with E-state index >= 15 is 0 Å². The van der Waals surface area contributed by atoms with Crippen molar-refractivity contribution in [3.63, 3.8) is 0 Å². The fourth-order valence-electron chi connectivity index (χ4n) is 3.71. The monoisotopic (exact) mass is 707 g/mol. The van der Waals surface area contributed by atoms with Gasteiger partial charge in [-0.1, -0.05) is 0 Å². The number of aliphatic carboxylic acids is 1. The maximum atomic E-state index is 13.1. The molecule has 0 aromatic carbocycles. The van der Waals surface area contributed by atoms with Crippen LogP contribution in [0.2, 0.25) is 0 Å². The Morgan fingerprint density at radius 3 is 1.27 bits per heavy atom. The SMILES string of the molecule is NCC(=O)N[C@@H](CCC(N)=O)C(=O)N[C@@H](CO)C(=O)N[C@@H](CO)C(=O)N[C@@H](CCCN=C(N)N)C(=O)N[C@@H](CO)C(=O)N[C@@H](CO)C(=O)O. The van der Waals surface area contributed by atoms with Crippen LogP contribution in [0.1, 0.15) is 25.7 Å². The smallest absolute Gasteiger partial charge is 0.328 e. The normalized spacial score (nSPS) is 14.3. The predicted octanol–water partition coefficient (Wildman–Crippen LogP) is -9.77. The van der Waals surface area contributed by atoms with Gasteiger partial charge in [-0.25, -0.2) is 4.79 Å². The number of carbonyl (C=O) groups is 8. The molecule has 0 radical (unpaired) electrons. The Bertz CT molecular complexity index is 1200. The standard InChI is InChI=1S/C25H45N11O13/c26-6-18(42)31-12(3-4-17(27)41)20(44)34-14(8-38)22(46)35-13(7-37)21(45)32-11(2-1-5-30-25(28)29)19(43)33-15(9-39)23(47)36-16(10-40)24(48)49/h11-16,37-40H,1-10,26H2,(H2,27,41)(H,31,42)(H,32,45)(H,33,43)(H,34,44)(H,35,46)(H,36,47)(H,48,49)(H4,28,29,30)/t11-,12-,13-,14-,15-,16-/m0/s1. The molecule has 0 saturated heterocycles. The van der Waals surface area contributed by atoms with E-state index in [0.29, 0.717) is 0 Å². The van der Waals surface area contributed by atoms with Gasteiger partial charge in [0.25, 0.3) is 0 Å². The zero-order valence-corrected chi connectivity index (χ0v) is 26.3. The molecule has 49 heavy (non-hydrogen) atoms. The molecule has 0 aliphatic heterocycles. The van der Waals surface area contributed by atoms with Crippen molar-refractivity contribution in [1.82, 2.24) is 31.9 Å². The molecular weight excluding hydrogens is 662 g/mol. The largest absolute Gasteiger partial charge is 0.480 e. The van der Waals surface area contributed by atoms with E-state index < -0.39 is 117 Å². The number of carboxylic acids is 1. The third kappa shape index (κ3) is 17.0. The van der Waals surface area contributed by atoms with Gasteiger partial charge in [0.15, 0.2) is 5.96 Å². The summed E-state index contributed by atoms with van der Waals surface area (Å²) in [5.74, 6) is -9.18. The van der Waals surface area contributed by atoms with Crippen LogP contribution in [-0.4, -0.2) is 155 Å². The van der Waals surface area contributed by atoms with Gasteiger partial charge in [-0.2, -0.15) is 0 Å². The van der Waals surface area contributed by atoms with Gasteiger partial charge in [0.05, 0.1) is 33.0 Å². The highest BCUT2D eigenvalue weighted by molar-refractivity contribution is 5.97. The Kier molecular flexibility index (Phi) is 20.8. The van der Waals surface area contributed by atoms with Gasteiger partial charge in [-0.15, -0.1) is 0 Å². The topological polar surface area (TPSA) is 426 Å². The molecule has 19 N–H and O–H groups in total. The highest BCUT2D eigenvalue weighted by Gasteiger charge is 2.32. The van der Waals surface area contributed by atoms with E-state index in [1.807, 2.05) is 5.32 Å². The second-order valence-corrected chi connectivity index (χ2v) is 10.2. The Morgan fingerprint density at radius 2 is 0.918 bits per heavy atom. The number of hydrogen-bond acceptors (Lipinski definition) is 14. The maximum Gasteiger partial charge on any atom is 0.328 e. The number of aliphatic imine (C=N–C) groups is 1. The van der Waals surface area contributed by atoms with Crippen molar-refractivity contribution in [1.29, 1.82) is 0 Å². The average molecular weight is 708 g/mol. The first-order chi connectivity index (χ1) is 23.0. The number of nitrogens with zero attached hydrogens (tertiary/aromatic N) is 1. The Balaban J connectivity index is 5.83. The summed E-state index contributed by atoms with van der Waals surface area (Å²) >= 11 is 0. The molecule has 0 aromatic heterocycles. The van der Waals surface area contributed by atoms with Gasteiger partial charge in [0.2, 0.25) is 41.4 Å². The molecule has 278 valence electrons. The van der Waals surface area contributed by atoms with Gasteiger partial charge in [0.1, 0.15) is 36.3 Å². The van der Waals surface area contributed by atoms with E-state index in [1.54, 1.807) is 0 Å². The number of amides is 7. The molecule has 0 heterocycles. The van der Waals surface area contributed by atoms with E-state index in [4.69, 9.17) is 33.1 Å². The lowest BCUT2D eigenvalue weighted by Crippen LogP contribution is -2.61. The van der Waals surface area contributed by atoms with Crippen LogP contribution in [0.4, 0.5) is 0 Å². The van der Waals surface area contributed by atoms with Crippen LogP contribution in [-0.2, 0) is 38.4 Å². The Morgan fingerprint density at radius 1 is 0.551 bits per heavy atom. The van der Waals surface area contributed by atoms with Crippen LogP contribution in [0, 0.1) is 0 Å². The van der Waals surface area contributed by atoms with Gasteiger partial charge in [0, 0.05) is 13.0 Å². The second-order valence-electron chi connectivity index (χ2n) is 10.2. The van der Waals surface area contributed by atoms with Crippen molar-refractivity contribution in [2.24, 2.45) is 27.9 Å². The number of carbonyl (C=O) groups excluding carboxylic acids is 7. The lowest BCUT2D eigenvalue weighted by atomic mass is 10.1. The number of hydrogen-bond donors (Lipinski definition) is 15. The quantitative estimate of drug-likeness (QED) is 0.0251. The number of aliphatic hydroxyl groups is 4. The number of primary amides is 1. The molecule has 0 aromatic rings. The van der Waals surface area contributed by atoms with Crippen LogP contribution in [0.25, 0.3) is 0 Å². The molecule has 0 rings (SSSR count). The van der Waals surface area contributed by atoms with Crippen molar-refractivity contribution in [2.75, 3.05) is 39.5 Å². The van der Waals surface area contributed by atoms with E-state index in [9.17, 15) is 53.7 Å². The lowest BCUT2D eigenvalue weighted by Gasteiger charge is -2.26. The van der Waals surface area contributed by atoms with Gasteiger partial charge in [-0.3, -0.25) is 38.6 Å². The maximum absolute atomic E-state index is 13.1. The zero-order chi connectivity index (χ0) is 37.7. The van der Waals surface area contributed by atoms with Gasteiger partial charge < -0.3 is 80.4 Å². The van der Waals surface area contributed by atoms with Crippen LogP contribution >= 0.6 is 0 Å². The molecule has 0 unspecified atom stereocenters. The van der Waals surface area contributed by atoms with Crippen molar-refractivity contribution in [3.05, 3.63) is 0 Å². The summed E-state index contributed by atoms with van der Waals surface area (Å²) in [6.07, 6.45) is -0.807. The molecule has 24 heteroatoms. The van der Waals surface area contributed by atoms with Crippen molar-refractivity contribution < 1.29 is 63.9 Å². The Hall–Kier alpha value is -5.17. The van der Waals surface area contributed by atoms with E-state index in [1.165, 1.54) is 0 Å². The fraction of sp³-hybridized carbons (Fsp3) is 0.640. The van der Waals surface area contributed by atoms with Crippen LogP contribution in [0.3, 0.4) is 0 Å². The number of rotatable bonds is 24. The molecule has 24 nitrogen and oxygen atoms in total. The second kappa shape index (κ2) is 23.2. The summed E-state index contributed by atoms with van der Waals surface area (Å²) in [6.45, 7) is -4.71. The first kappa shape index (κ1) is 43.8. The highest BCUT2D eigenvalue weighted by atomic mass is 16.4. The molecule has 0 spiro atoms. The van der Waals surface area contributed by atoms with E-state index in [2.05, 4.69) is 31.6 Å². The fourth-order valence-corrected chi connectivity index (χ4v) is 3.71. The predicted molar refractivity (Wildman–Crippen MR) is 165 cm³/mol. The molecule has 7 amide bonds. The minimum absolute atomic E-state index is 0.0348. The van der Waals surface area contributed by atoms with Crippen molar-refractivity contribution >= 4 is 53.3 Å². The number of aliphatic hydroxyl groups excluding tert-OH is 4. The van der Waals surface area contributed by atoms with Gasteiger partial charge >= 0.3 is 5.97 Å². The number of nitrogens with two attached hydrogens (primary N) is 4. The average Bonchev–Trinajstić information content (AvgIpc) is 3.05. The van der Waals surface area contributed by atoms with E-state index in [0.717, 1.165) is 0 Å². The first-order valence-corrected chi connectivity index (χ1v) is 14.6. The third-order valence-corrected chi connectivity index (χ3v) is 6.34.